The third-order valence-corrected chi connectivity index (χ3v) is 5.84. The molecule has 4 atom stereocenters. The van der Waals surface area contributed by atoms with Gasteiger partial charge < -0.3 is 47.0 Å². The fourth-order valence-electron chi connectivity index (χ4n) is 3.95. The van der Waals surface area contributed by atoms with Crippen LogP contribution >= 0.6 is 0 Å². The van der Waals surface area contributed by atoms with Crippen LogP contribution in [0.15, 0.2) is 0 Å². The maximum Gasteiger partial charge on any atom is 0.326 e. The third-order valence-electron chi connectivity index (χ3n) is 5.84. The van der Waals surface area contributed by atoms with Crippen LogP contribution in [-0.2, 0) is 28.8 Å². The fraction of sp³-hybridized carbons (Fsp3) is 0.727. The molecule has 37 heavy (non-hydrogen) atoms. The van der Waals surface area contributed by atoms with Gasteiger partial charge in [0.2, 0.25) is 17.7 Å². The highest BCUT2D eigenvalue weighted by Gasteiger charge is 2.37. The molecule has 0 radical (unpaired) electrons. The first kappa shape index (κ1) is 31.7. The number of aliphatic hydroxyl groups excluding tert-OH is 1. The van der Waals surface area contributed by atoms with Gasteiger partial charge in [0, 0.05) is 19.5 Å². The molecule has 0 saturated carbocycles. The van der Waals surface area contributed by atoms with Crippen LogP contribution in [0.3, 0.4) is 0 Å². The highest BCUT2D eigenvalue weighted by atomic mass is 16.4. The normalized spacial score (nSPS) is 17.5. The van der Waals surface area contributed by atoms with Crippen LogP contribution in [0.25, 0.3) is 0 Å². The van der Waals surface area contributed by atoms with Gasteiger partial charge in [-0.05, 0) is 32.2 Å². The highest BCUT2D eigenvalue weighted by molar-refractivity contribution is 5.89. The minimum absolute atomic E-state index is 0.173. The monoisotopic (exact) mass is 531 g/mol. The molecule has 0 aromatic heterocycles. The van der Waals surface area contributed by atoms with Crippen molar-refractivity contribution in [1.29, 1.82) is 0 Å². The molecule has 0 spiro atoms. The Bertz CT molecular complexity index is 824. The van der Waals surface area contributed by atoms with Crippen LogP contribution in [0, 0.1) is 0 Å². The molecule has 9 N–H and O–H groups in total. The fourth-order valence-corrected chi connectivity index (χ4v) is 3.95. The molecule has 1 saturated heterocycles. The molecule has 0 aromatic carbocycles. The topological polar surface area (TPSA) is 249 Å². The zero-order chi connectivity index (χ0) is 28.0. The molecule has 1 heterocycles. The summed E-state index contributed by atoms with van der Waals surface area (Å²) in [5.41, 5.74) is 5.53. The Morgan fingerprint density at radius 1 is 0.946 bits per heavy atom. The Hall–Kier alpha value is -3.30. The molecular weight excluding hydrogens is 494 g/mol. The van der Waals surface area contributed by atoms with E-state index in [1.54, 1.807) is 0 Å². The number of aliphatic carboxylic acids is 3. The summed E-state index contributed by atoms with van der Waals surface area (Å²) in [6.07, 6.45) is 0.904. The Labute approximate surface area is 213 Å². The molecular formula is C22H37N5O10. The first-order valence-electron chi connectivity index (χ1n) is 12.1. The number of carbonyl (C=O) groups excluding carboxylic acids is 3. The standard InChI is InChI=1S/C22H37N5O10/c23-8-2-1-4-14(21(35)27-9-3-5-16(27)22(36)37)24-11-13(10-19(32)33)25-20(34)15(12-28)26-17(29)6-7-18(30)31/h13-16,24,28H,1-12,23H2,(H,25,34)(H,26,29)(H,30,31)(H,32,33)(H,36,37). The first-order valence-corrected chi connectivity index (χ1v) is 12.1. The second-order valence-electron chi connectivity index (χ2n) is 8.77. The number of nitrogens with one attached hydrogen (secondary N) is 3. The van der Waals surface area contributed by atoms with Crippen molar-refractivity contribution in [2.45, 2.75) is 75.5 Å². The van der Waals surface area contributed by atoms with Crippen LogP contribution in [0.5, 0.6) is 0 Å². The van der Waals surface area contributed by atoms with Gasteiger partial charge in [-0.2, -0.15) is 0 Å². The van der Waals surface area contributed by atoms with Crippen molar-refractivity contribution >= 4 is 35.6 Å². The van der Waals surface area contributed by atoms with E-state index in [1.807, 2.05) is 0 Å². The van der Waals surface area contributed by atoms with Crippen molar-refractivity contribution in [1.82, 2.24) is 20.9 Å². The van der Waals surface area contributed by atoms with Gasteiger partial charge in [-0.25, -0.2) is 4.79 Å². The van der Waals surface area contributed by atoms with Gasteiger partial charge in [0.15, 0.2) is 0 Å². The largest absolute Gasteiger partial charge is 0.481 e. The summed E-state index contributed by atoms with van der Waals surface area (Å²) in [4.78, 5) is 72.3. The number of carboxylic acid groups (broad SMARTS) is 3. The van der Waals surface area contributed by atoms with Crippen molar-refractivity contribution in [2.75, 3.05) is 26.2 Å². The van der Waals surface area contributed by atoms with Crippen molar-refractivity contribution in [3.63, 3.8) is 0 Å². The van der Waals surface area contributed by atoms with Crippen LogP contribution in [0.1, 0.15) is 51.4 Å². The van der Waals surface area contributed by atoms with Gasteiger partial charge in [0.25, 0.3) is 0 Å². The van der Waals surface area contributed by atoms with Crippen LogP contribution < -0.4 is 21.7 Å². The average Bonchev–Trinajstić information content (AvgIpc) is 3.32. The lowest BCUT2D eigenvalue weighted by atomic mass is 10.1. The van der Waals surface area contributed by atoms with E-state index in [9.17, 15) is 44.1 Å². The van der Waals surface area contributed by atoms with Crippen molar-refractivity contribution < 1.29 is 49.2 Å². The molecule has 1 aliphatic rings. The Kier molecular flexibility index (Phi) is 14.1. The van der Waals surface area contributed by atoms with Gasteiger partial charge in [-0.3, -0.25) is 24.0 Å². The highest BCUT2D eigenvalue weighted by Crippen LogP contribution is 2.20. The predicted octanol–water partition coefficient (Wildman–Crippen LogP) is -2.55. The van der Waals surface area contributed by atoms with E-state index in [0.717, 1.165) is 0 Å². The number of nitrogens with zero attached hydrogens (tertiary/aromatic N) is 1. The quantitative estimate of drug-likeness (QED) is 0.0851. The number of likely N-dealkylation sites (tertiary alicyclic amines) is 1. The molecule has 15 heteroatoms. The van der Waals surface area contributed by atoms with Crippen molar-refractivity contribution in [2.24, 2.45) is 5.73 Å². The van der Waals surface area contributed by atoms with E-state index >= 15 is 0 Å². The minimum atomic E-state index is -1.44. The van der Waals surface area contributed by atoms with E-state index in [0.29, 0.717) is 38.6 Å². The van der Waals surface area contributed by atoms with Crippen LogP contribution in [0.2, 0.25) is 0 Å². The Balaban J connectivity index is 2.88. The minimum Gasteiger partial charge on any atom is -0.481 e. The molecule has 0 bridgehead atoms. The van der Waals surface area contributed by atoms with Crippen molar-refractivity contribution in [3.05, 3.63) is 0 Å². The van der Waals surface area contributed by atoms with E-state index in [1.165, 1.54) is 4.90 Å². The van der Waals surface area contributed by atoms with Gasteiger partial charge >= 0.3 is 17.9 Å². The Morgan fingerprint density at radius 3 is 2.22 bits per heavy atom. The van der Waals surface area contributed by atoms with E-state index in [4.69, 9.17) is 10.8 Å². The summed E-state index contributed by atoms with van der Waals surface area (Å²) in [6, 6.07) is -4.28. The summed E-state index contributed by atoms with van der Waals surface area (Å²) >= 11 is 0. The lowest BCUT2D eigenvalue weighted by molar-refractivity contribution is -0.149. The second-order valence-corrected chi connectivity index (χ2v) is 8.77. The number of amides is 3. The van der Waals surface area contributed by atoms with E-state index < -0.39 is 85.7 Å². The molecule has 4 unspecified atom stereocenters. The SMILES string of the molecule is NCCCCC(NCC(CC(=O)O)NC(=O)C(CO)NC(=O)CCC(=O)O)C(=O)N1CCCC1C(=O)O. The zero-order valence-corrected chi connectivity index (χ0v) is 20.6. The molecule has 1 fully saturated rings. The molecule has 0 aromatic rings. The number of carboxylic acids is 3. The van der Waals surface area contributed by atoms with E-state index in [2.05, 4.69) is 16.0 Å². The van der Waals surface area contributed by atoms with Crippen LogP contribution in [0.4, 0.5) is 0 Å². The molecule has 3 amide bonds. The number of aliphatic hydroxyl groups is 1. The number of rotatable bonds is 18. The van der Waals surface area contributed by atoms with Crippen molar-refractivity contribution in [3.8, 4) is 0 Å². The number of hydrogen-bond acceptors (Lipinski definition) is 9. The number of carbonyl (C=O) groups is 6. The van der Waals surface area contributed by atoms with Gasteiger partial charge in [0.1, 0.15) is 12.1 Å². The average molecular weight is 532 g/mol. The smallest absolute Gasteiger partial charge is 0.326 e. The number of hydrogen-bond donors (Lipinski definition) is 8. The Morgan fingerprint density at radius 2 is 1.65 bits per heavy atom. The van der Waals surface area contributed by atoms with Crippen LogP contribution in [-0.4, -0.2) is 111 Å². The second kappa shape index (κ2) is 16.4. The maximum atomic E-state index is 13.1. The summed E-state index contributed by atoms with van der Waals surface area (Å²) in [6.45, 7) is -0.321. The molecule has 210 valence electrons. The van der Waals surface area contributed by atoms with E-state index in [-0.39, 0.29) is 13.1 Å². The molecule has 0 aliphatic carbocycles. The maximum absolute atomic E-state index is 13.1. The van der Waals surface area contributed by atoms with Gasteiger partial charge in [0.05, 0.1) is 31.5 Å². The first-order chi connectivity index (χ1) is 17.5. The van der Waals surface area contributed by atoms with Gasteiger partial charge in [-0.1, -0.05) is 6.42 Å². The number of unbranched alkanes of at least 4 members (excludes halogenated alkanes) is 1. The molecule has 1 aliphatic heterocycles. The molecule has 1 rings (SSSR count). The summed E-state index contributed by atoms with van der Waals surface area (Å²) in [5.74, 6) is -5.70. The molecule has 15 nitrogen and oxygen atoms in total. The predicted molar refractivity (Wildman–Crippen MR) is 127 cm³/mol. The lowest BCUT2D eigenvalue weighted by Crippen LogP contribution is -2.56. The third kappa shape index (κ3) is 11.5. The van der Waals surface area contributed by atoms with Gasteiger partial charge in [-0.15, -0.1) is 0 Å². The lowest BCUT2D eigenvalue weighted by Gasteiger charge is -2.29. The zero-order valence-electron chi connectivity index (χ0n) is 20.6. The summed E-state index contributed by atoms with van der Waals surface area (Å²) in [7, 11) is 0. The summed E-state index contributed by atoms with van der Waals surface area (Å²) in [5, 5.41) is 44.4. The number of nitrogens with two attached hydrogens (primary N) is 1. The summed E-state index contributed by atoms with van der Waals surface area (Å²) < 4.78 is 0.